The SMILES string of the molecule is N#CC1=C(N)Oc2c(c(-c3ccco3)nn2-c2ccccc2)[C@H]1c1cc(Br)cs1. The van der Waals surface area contributed by atoms with E-state index in [2.05, 4.69) is 22.0 Å². The van der Waals surface area contributed by atoms with Crippen LogP contribution in [0, 0.1) is 11.3 Å². The van der Waals surface area contributed by atoms with Crippen LogP contribution < -0.4 is 10.5 Å². The second-order valence-corrected chi connectivity index (χ2v) is 8.24. The molecule has 0 spiro atoms. The Morgan fingerprint density at radius 2 is 2.03 bits per heavy atom. The number of fused-ring (bicyclic) bond motifs is 1. The highest BCUT2D eigenvalue weighted by atomic mass is 79.9. The molecule has 3 aromatic heterocycles. The minimum Gasteiger partial charge on any atom is -0.463 e. The molecule has 142 valence electrons. The fourth-order valence-corrected chi connectivity index (χ4v) is 5.00. The van der Waals surface area contributed by atoms with Crippen LogP contribution >= 0.6 is 27.3 Å². The highest BCUT2D eigenvalue weighted by molar-refractivity contribution is 9.10. The van der Waals surface area contributed by atoms with Crippen molar-refractivity contribution in [3.05, 3.63) is 86.5 Å². The quantitative estimate of drug-likeness (QED) is 0.451. The summed E-state index contributed by atoms with van der Waals surface area (Å²) in [5.74, 6) is 0.752. The van der Waals surface area contributed by atoms with Crippen molar-refractivity contribution in [3.8, 4) is 29.1 Å². The summed E-state index contributed by atoms with van der Waals surface area (Å²) in [4.78, 5) is 0.960. The minimum atomic E-state index is -0.405. The van der Waals surface area contributed by atoms with E-state index in [4.69, 9.17) is 20.0 Å². The van der Waals surface area contributed by atoms with E-state index in [9.17, 15) is 5.26 Å². The first-order valence-electron chi connectivity index (χ1n) is 8.71. The summed E-state index contributed by atoms with van der Waals surface area (Å²) in [6.07, 6.45) is 1.60. The van der Waals surface area contributed by atoms with E-state index in [0.717, 1.165) is 20.6 Å². The van der Waals surface area contributed by atoms with Crippen LogP contribution in [0.25, 0.3) is 17.1 Å². The molecule has 0 unspecified atom stereocenters. The van der Waals surface area contributed by atoms with Gasteiger partial charge in [0.15, 0.2) is 5.76 Å². The molecule has 4 heterocycles. The maximum Gasteiger partial charge on any atom is 0.229 e. The fourth-order valence-electron chi connectivity index (χ4n) is 3.44. The third-order valence-corrected chi connectivity index (χ3v) is 6.43. The summed E-state index contributed by atoms with van der Waals surface area (Å²) in [6, 6.07) is 17.5. The summed E-state index contributed by atoms with van der Waals surface area (Å²) < 4.78 is 14.2. The summed E-state index contributed by atoms with van der Waals surface area (Å²) in [7, 11) is 0. The van der Waals surface area contributed by atoms with Crippen LogP contribution in [0.15, 0.2) is 80.5 Å². The molecular weight excluding hydrogens is 452 g/mol. The predicted molar refractivity (Wildman–Crippen MR) is 113 cm³/mol. The molecule has 1 atom stereocenters. The van der Waals surface area contributed by atoms with Gasteiger partial charge in [-0.05, 0) is 46.3 Å². The Labute approximate surface area is 178 Å². The lowest BCUT2D eigenvalue weighted by atomic mass is 9.88. The zero-order chi connectivity index (χ0) is 20.0. The first-order valence-corrected chi connectivity index (χ1v) is 10.4. The second-order valence-electron chi connectivity index (χ2n) is 6.38. The van der Waals surface area contributed by atoms with Gasteiger partial charge in [-0.25, -0.2) is 0 Å². The smallest absolute Gasteiger partial charge is 0.229 e. The van der Waals surface area contributed by atoms with Crippen molar-refractivity contribution in [2.45, 2.75) is 5.92 Å². The molecule has 0 fully saturated rings. The van der Waals surface area contributed by atoms with Crippen molar-refractivity contribution in [3.63, 3.8) is 0 Å². The molecule has 1 aromatic carbocycles. The number of rotatable bonds is 3. The molecule has 0 radical (unpaired) electrons. The number of nitrogens with two attached hydrogens (primary N) is 1. The second kappa shape index (κ2) is 6.95. The molecule has 2 N–H and O–H groups in total. The van der Waals surface area contributed by atoms with Gasteiger partial charge in [0.05, 0.1) is 23.4 Å². The van der Waals surface area contributed by atoms with Crippen molar-refractivity contribution in [1.82, 2.24) is 9.78 Å². The molecule has 29 heavy (non-hydrogen) atoms. The monoisotopic (exact) mass is 464 g/mol. The molecule has 0 saturated heterocycles. The number of aromatic nitrogens is 2. The fraction of sp³-hybridized carbons (Fsp3) is 0.0476. The molecule has 1 aliphatic heterocycles. The van der Waals surface area contributed by atoms with E-state index in [1.54, 1.807) is 28.3 Å². The number of nitrogens with zero attached hydrogens (tertiary/aromatic N) is 3. The number of furan rings is 1. The molecule has 0 amide bonds. The highest BCUT2D eigenvalue weighted by Crippen LogP contribution is 2.49. The zero-order valence-electron chi connectivity index (χ0n) is 14.9. The Kier molecular flexibility index (Phi) is 4.27. The van der Waals surface area contributed by atoms with Gasteiger partial charge in [-0.2, -0.15) is 15.0 Å². The van der Waals surface area contributed by atoms with Crippen molar-refractivity contribution in [2.75, 3.05) is 0 Å². The normalized spacial score (nSPS) is 15.7. The van der Waals surface area contributed by atoms with E-state index < -0.39 is 5.92 Å². The lowest BCUT2D eigenvalue weighted by Gasteiger charge is -2.23. The van der Waals surface area contributed by atoms with Crippen LogP contribution in [0.1, 0.15) is 16.4 Å². The van der Waals surface area contributed by atoms with Gasteiger partial charge in [0.25, 0.3) is 0 Å². The Balaban J connectivity index is 1.83. The van der Waals surface area contributed by atoms with Crippen molar-refractivity contribution >= 4 is 27.3 Å². The molecule has 6 nitrogen and oxygen atoms in total. The average molecular weight is 465 g/mol. The van der Waals surface area contributed by atoms with Gasteiger partial charge in [0.1, 0.15) is 17.3 Å². The van der Waals surface area contributed by atoms with Gasteiger partial charge in [-0.15, -0.1) is 11.3 Å². The number of para-hydroxylation sites is 1. The summed E-state index contributed by atoms with van der Waals surface area (Å²) >= 11 is 5.05. The first-order chi connectivity index (χ1) is 14.2. The van der Waals surface area contributed by atoms with E-state index in [-0.39, 0.29) is 5.88 Å². The van der Waals surface area contributed by atoms with Gasteiger partial charge in [0, 0.05) is 14.7 Å². The van der Waals surface area contributed by atoms with Crippen LogP contribution in [0.2, 0.25) is 0 Å². The van der Waals surface area contributed by atoms with Gasteiger partial charge < -0.3 is 14.9 Å². The highest BCUT2D eigenvalue weighted by Gasteiger charge is 2.39. The number of thiophene rings is 1. The van der Waals surface area contributed by atoms with E-state index in [1.807, 2.05) is 47.8 Å². The Hall–Kier alpha value is -3.28. The van der Waals surface area contributed by atoms with Crippen molar-refractivity contribution in [1.29, 1.82) is 5.26 Å². The van der Waals surface area contributed by atoms with Gasteiger partial charge >= 0.3 is 0 Å². The topological polar surface area (TPSA) is 90.0 Å². The average Bonchev–Trinajstić information content (AvgIpc) is 3.47. The van der Waals surface area contributed by atoms with Gasteiger partial charge in [-0.1, -0.05) is 18.2 Å². The number of allylic oxidation sites excluding steroid dienone is 1. The summed E-state index contributed by atoms with van der Waals surface area (Å²) in [5.41, 5.74) is 8.72. The number of halogens is 1. The lowest BCUT2D eigenvalue weighted by Crippen LogP contribution is -2.21. The first kappa shape index (κ1) is 17.8. The van der Waals surface area contributed by atoms with E-state index in [1.165, 1.54) is 0 Å². The molecule has 8 heteroatoms. The maximum absolute atomic E-state index is 9.85. The third kappa shape index (κ3) is 2.87. The summed E-state index contributed by atoms with van der Waals surface area (Å²) in [6.45, 7) is 0. The number of hydrogen-bond donors (Lipinski definition) is 1. The van der Waals surface area contributed by atoms with Crippen LogP contribution in [0.3, 0.4) is 0 Å². The molecule has 1 aliphatic rings. The molecule has 0 aliphatic carbocycles. The standard InChI is InChI=1S/C21H13BrN4O2S/c22-12-9-16(29-11-12)17-14(10-23)20(24)28-21-18(17)19(15-7-4-8-27-15)25-26(21)13-5-2-1-3-6-13/h1-9,11,17H,24H2/t17-/m1/s1. The third-order valence-electron chi connectivity index (χ3n) is 4.68. The zero-order valence-corrected chi connectivity index (χ0v) is 17.3. The van der Waals surface area contributed by atoms with Crippen molar-refractivity contribution < 1.29 is 9.15 Å². The predicted octanol–water partition coefficient (Wildman–Crippen LogP) is 5.17. The molecule has 0 saturated carbocycles. The van der Waals surface area contributed by atoms with Crippen molar-refractivity contribution in [2.24, 2.45) is 5.73 Å². The largest absolute Gasteiger partial charge is 0.463 e. The van der Waals surface area contributed by atoms with Crippen LogP contribution in [-0.4, -0.2) is 9.78 Å². The Morgan fingerprint density at radius 1 is 1.21 bits per heavy atom. The van der Waals surface area contributed by atoms with Crippen LogP contribution in [0.4, 0.5) is 0 Å². The molecule has 4 aromatic rings. The molecular formula is C21H13BrN4O2S. The van der Waals surface area contributed by atoms with E-state index >= 15 is 0 Å². The minimum absolute atomic E-state index is 0.0811. The van der Waals surface area contributed by atoms with Crippen LogP contribution in [-0.2, 0) is 0 Å². The molecule has 5 rings (SSSR count). The van der Waals surface area contributed by atoms with Gasteiger partial charge in [0.2, 0.25) is 11.8 Å². The Bertz CT molecular complexity index is 1270. The summed E-state index contributed by atoms with van der Waals surface area (Å²) in [5, 5.41) is 16.6. The number of nitriles is 1. The maximum atomic E-state index is 9.85. The number of hydrogen-bond acceptors (Lipinski definition) is 6. The van der Waals surface area contributed by atoms with E-state index in [0.29, 0.717) is 22.9 Å². The van der Waals surface area contributed by atoms with Crippen LogP contribution in [0.5, 0.6) is 5.88 Å². The number of benzene rings is 1. The molecule has 0 bridgehead atoms. The number of ether oxygens (including phenoxy) is 1. The van der Waals surface area contributed by atoms with Gasteiger partial charge in [-0.3, -0.25) is 0 Å². The Morgan fingerprint density at radius 3 is 2.69 bits per heavy atom. The lowest BCUT2D eigenvalue weighted by molar-refractivity contribution is 0.367.